The third-order valence-electron chi connectivity index (χ3n) is 5.44. The minimum absolute atomic E-state index is 0.464. The minimum atomic E-state index is 0.464. The van der Waals surface area contributed by atoms with Gasteiger partial charge in [0.05, 0.1) is 0 Å². The molecular formula is C14H28N2. The Balaban J connectivity index is 1.84. The molecule has 2 rings (SSSR count). The first-order valence-electron chi connectivity index (χ1n) is 6.74. The summed E-state index contributed by atoms with van der Waals surface area (Å²) in [6, 6.07) is 0.693. The van der Waals surface area contributed by atoms with Crippen LogP contribution < -0.4 is 10.6 Å². The quantitative estimate of drug-likeness (QED) is 0.769. The van der Waals surface area contributed by atoms with Gasteiger partial charge in [0.15, 0.2) is 0 Å². The average molecular weight is 224 g/mol. The fraction of sp³-hybridized carbons (Fsp3) is 1.00. The summed E-state index contributed by atoms with van der Waals surface area (Å²) in [5.74, 6) is 0. The summed E-state index contributed by atoms with van der Waals surface area (Å²) in [6.45, 7) is 15.5. The minimum Gasteiger partial charge on any atom is -0.316 e. The molecule has 1 aliphatic heterocycles. The highest BCUT2D eigenvalue weighted by Gasteiger charge is 2.64. The number of rotatable bonds is 3. The Morgan fingerprint density at radius 3 is 2.19 bits per heavy atom. The highest BCUT2D eigenvalue weighted by Crippen LogP contribution is 2.62. The van der Waals surface area contributed by atoms with Crippen molar-refractivity contribution in [1.82, 2.24) is 10.6 Å². The van der Waals surface area contributed by atoms with E-state index < -0.39 is 0 Å². The first-order chi connectivity index (χ1) is 7.30. The van der Waals surface area contributed by atoms with Gasteiger partial charge in [0.25, 0.3) is 0 Å². The predicted molar refractivity (Wildman–Crippen MR) is 69.6 cm³/mol. The maximum absolute atomic E-state index is 3.81. The van der Waals surface area contributed by atoms with Gasteiger partial charge in [-0.3, -0.25) is 0 Å². The van der Waals surface area contributed by atoms with Crippen LogP contribution in [0.3, 0.4) is 0 Å². The first-order valence-corrected chi connectivity index (χ1v) is 6.74. The molecule has 0 radical (unpaired) electrons. The predicted octanol–water partition coefficient (Wildman–Crippen LogP) is 2.40. The molecule has 2 aliphatic rings. The van der Waals surface area contributed by atoms with Crippen LogP contribution in [-0.4, -0.2) is 25.7 Å². The summed E-state index contributed by atoms with van der Waals surface area (Å²) < 4.78 is 0. The number of piperidine rings is 1. The van der Waals surface area contributed by atoms with E-state index in [1.807, 2.05) is 0 Å². The van der Waals surface area contributed by atoms with Crippen LogP contribution >= 0.6 is 0 Å². The van der Waals surface area contributed by atoms with Gasteiger partial charge in [-0.25, -0.2) is 0 Å². The third kappa shape index (κ3) is 1.91. The molecule has 0 aromatic carbocycles. The summed E-state index contributed by atoms with van der Waals surface area (Å²) in [4.78, 5) is 0. The maximum Gasteiger partial charge on any atom is 0.0181 e. The first kappa shape index (κ1) is 12.4. The van der Waals surface area contributed by atoms with Crippen molar-refractivity contribution >= 4 is 0 Å². The molecule has 1 aliphatic carbocycles. The Morgan fingerprint density at radius 2 is 1.75 bits per heavy atom. The van der Waals surface area contributed by atoms with Gasteiger partial charge in [-0.15, -0.1) is 0 Å². The van der Waals surface area contributed by atoms with Crippen molar-refractivity contribution in [2.75, 3.05) is 19.6 Å². The molecule has 0 amide bonds. The zero-order valence-corrected chi connectivity index (χ0v) is 11.6. The second-order valence-electron chi connectivity index (χ2n) is 7.35. The van der Waals surface area contributed by atoms with Crippen molar-refractivity contribution in [2.45, 2.75) is 53.5 Å². The smallest absolute Gasteiger partial charge is 0.0181 e. The molecule has 0 aromatic rings. The highest BCUT2D eigenvalue weighted by atomic mass is 15.1. The van der Waals surface area contributed by atoms with E-state index in [4.69, 9.17) is 0 Å². The van der Waals surface area contributed by atoms with Gasteiger partial charge < -0.3 is 10.6 Å². The molecule has 0 aromatic heterocycles. The fourth-order valence-electron chi connectivity index (χ4n) is 3.32. The van der Waals surface area contributed by atoms with Crippen molar-refractivity contribution in [3.05, 3.63) is 0 Å². The van der Waals surface area contributed by atoms with Crippen LogP contribution in [0.2, 0.25) is 0 Å². The van der Waals surface area contributed by atoms with E-state index in [0.717, 1.165) is 6.54 Å². The molecule has 0 bridgehead atoms. The number of hydrogen-bond donors (Lipinski definition) is 2. The largest absolute Gasteiger partial charge is 0.316 e. The lowest BCUT2D eigenvalue weighted by atomic mass is 9.82. The molecule has 2 heteroatoms. The van der Waals surface area contributed by atoms with Crippen LogP contribution in [0.15, 0.2) is 0 Å². The van der Waals surface area contributed by atoms with E-state index in [0.29, 0.717) is 22.3 Å². The fourth-order valence-corrected chi connectivity index (χ4v) is 3.32. The van der Waals surface area contributed by atoms with Crippen LogP contribution in [0.25, 0.3) is 0 Å². The zero-order valence-electron chi connectivity index (χ0n) is 11.6. The van der Waals surface area contributed by atoms with Crippen molar-refractivity contribution in [3.8, 4) is 0 Å². The van der Waals surface area contributed by atoms with Gasteiger partial charge in [0.2, 0.25) is 0 Å². The molecule has 1 heterocycles. The molecule has 1 atom stereocenters. The van der Waals surface area contributed by atoms with Crippen molar-refractivity contribution in [3.63, 3.8) is 0 Å². The van der Waals surface area contributed by atoms with E-state index in [1.54, 1.807) is 0 Å². The summed E-state index contributed by atoms with van der Waals surface area (Å²) in [5.41, 5.74) is 1.39. The van der Waals surface area contributed by atoms with Crippen LogP contribution in [0.4, 0.5) is 0 Å². The Labute approximate surface area is 101 Å². The maximum atomic E-state index is 3.81. The molecule has 2 nitrogen and oxygen atoms in total. The Morgan fingerprint density at radius 1 is 1.12 bits per heavy atom. The average Bonchev–Trinajstić information content (AvgIpc) is 2.56. The second kappa shape index (κ2) is 3.71. The number of hydrogen-bond acceptors (Lipinski definition) is 2. The van der Waals surface area contributed by atoms with Gasteiger partial charge in [0, 0.05) is 19.1 Å². The monoisotopic (exact) mass is 224 g/mol. The van der Waals surface area contributed by atoms with Crippen molar-refractivity contribution in [2.24, 2.45) is 16.2 Å². The van der Waals surface area contributed by atoms with E-state index >= 15 is 0 Å². The molecule has 2 N–H and O–H groups in total. The highest BCUT2D eigenvalue weighted by molar-refractivity contribution is 5.18. The molecule has 0 spiro atoms. The zero-order chi connectivity index (χ0) is 12.0. The molecule has 1 unspecified atom stereocenters. The van der Waals surface area contributed by atoms with E-state index in [2.05, 4.69) is 45.3 Å². The lowest BCUT2D eigenvalue weighted by Gasteiger charge is -2.34. The summed E-state index contributed by atoms with van der Waals surface area (Å²) in [6.07, 6.45) is 2.69. The SMILES string of the molecule is CC1(CNC2C(C)(C)C2(C)C)CCCNC1. The van der Waals surface area contributed by atoms with Crippen LogP contribution in [0, 0.1) is 16.2 Å². The topological polar surface area (TPSA) is 24.1 Å². The van der Waals surface area contributed by atoms with E-state index in [-0.39, 0.29) is 0 Å². The Hall–Kier alpha value is -0.0800. The lowest BCUT2D eigenvalue weighted by molar-refractivity contribution is 0.222. The number of nitrogens with one attached hydrogen (secondary N) is 2. The van der Waals surface area contributed by atoms with Crippen LogP contribution in [0.5, 0.6) is 0 Å². The summed E-state index contributed by atoms with van der Waals surface area (Å²) >= 11 is 0. The van der Waals surface area contributed by atoms with Gasteiger partial charge in [-0.1, -0.05) is 34.6 Å². The normalized spacial score (nSPS) is 37.3. The van der Waals surface area contributed by atoms with E-state index in [1.165, 1.54) is 25.9 Å². The molecule has 94 valence electrons. The van der Waals surface area contributed by atoms with Crippen LogP contribution in [-0.2, 0) is 0 Å². The van der Waals surface area contributed by atoms with Gasteiger partial charge in [-0.2, -0.15) is 0 Å². The molecule has 1 saturated carbocycles. The molecule has 1 saturated heterocycles. The molecule has 2 fully saturated rings. The van der Waals surface area contributed by atoms with E-state index in [9.17, 15) is 0 Å². The van der Waals surface area contributed by atoms with Gasteiger partial charge in [-0.05, 0) is 35.6 Å². The molecular weight excluding hydrogens is 196 g/mol. The summed E-state index contributed by atoms with van der Waals surface area (Å²) in [7, 11) is 0. The standard InChI is InChI=1S/C14H28N2/c1-12(2)11(13(12,3)4)16-10-14(5)7-6-8-15-9-14/h11,15-16H,6-10H2,1-5H3. The van der Waals surface area contributed by atoms with Gasteiger partial charge in [0.1, 0.15) is 0 Å². The summed E-state index contributed by atoms with van der Waals surface area (Å²) in [5, 5.41) is 7.33. The van der Waals surface area contributed by atoms with Crippen molar-refractivity contribution < 1.29 is 0 Å². The lowest BCUT2D eigenvalue weighted by Crippen LogP contribution is -2.45. The van der Waals surface area contributed by atoms with Gasteiger partial charge >= 0.3 is 0 Å². The third-order valence-corrected chi connectivity index (χ3v) is 5.44. The van der Waals surface area contributed by atoms with Crippen molar-refractivity contribution in [1.29, 1.82) is 0 Å². The Kier molecular flexibility index (Phi) is 2.87. The second-order valence-corrected chi connectivity index (χ2v) is 7.35. The molecule has 16 heavy (non-hydrogen) atoms. The Bertz CT molecular complexity index is 248. The van der Waals surface area contributed by atoms with Crippen LogP contribution in [0.1, 0.15) is 47.5 Å².